The van der Waals surface area contributed by atoms with Gasteiger partial charge in [-0.15, -0.1) is 11.3 Å². The molecule has 0 radical (unpaired) electrons. The topological polar surface area (TPSA) is 88.6 Å². The van der Waals surface area contributed by atoms with Crippen molar-refractivity contribution in [2.75, 3.05) is 0 Å². The van der Waals surface area contributed by atoms with E-state index in [-0.39, 0.29) is 35.1 Å². The normalized spacial score (nSPS) is 12.8. The molecule has 1 N–H and O–H groups in total. The summed E-state index contributed by atoms with van der Waals surface area (Å²) >= 11 is 6.69. The lowest BCUT2D eigenvalue weighted by atomic mass is 10.0. The predicted molar refractivity (Wildman–Crippen MR) is 118 cm³/mol. The largest absolute Gasteiger partial charge is 0.417 e. The number of hydrogen-bond acceptors (Lipinski definition) is 6. The van der Waals surface area contributed by atoms with Crippen molar-refractivity contribution in [2.24, 2.45) is 0 Å². The number of aromatic amines is 1. The minimum Gasteiger partial charge on any atom is -0.346 e. The number of halogens is 4. The van der Waals surface area contributed by atoms with E-state index in [2.05, 4.69) is 19.9 Å². The van der Waals surface area contributed by atoms with Gasteiger partial charge in [-0.3, -0.25) is 14.6 Å². The van der Waals surface area contributed by atoms with Crippen molar-refractivity contribution >= 4 is 45.5 Å². The van der Waals surface area contributed by atoms with Crippen molar-refractivity contribution in [3.63, 3.8) is 0 Å². The third-order valence-electron chi connectivity index (χ3n) is 4.99. The highest BCUT2D eigenvalue weighted by Crippen LogP contribution is 2.35. The Hall–Kier alpha value is -3.11. The maximum absolute atomic E-state index is 13.0. The lowest BCUT2D eigenvalue weighted by Gasteiger charge is -2.09. The highest BCUT2D eigenvalue weighted by atomic mass is 35.5. The molecule has 0 saturated carbocycles. The molecule has 6 nitrogen and oxygen atoms in total. The van der Waals surface area contributed by atoms with Gasteiger partial charge in [-0.2, -0.15) is 13.2 Å². The number of hydrogen-bond donors (Lipinski definition) is 1. The Morgan fingerprint density at radius 1 is 1.12 bits per heavy atom. The van der Waals surface area contributed by atoms with Gasteiger partial charge >= 0.3 is 6.18 Å². The van der Waals surface area contributed by atoms with Crippen molar-refractivity contribution in [3.05, 3.63) is 74.7 Å². The molecule has 0 aromatic carbocycles. The van der Waals surface area contributed by atoms with Crippen molar-refractivity contribution in [2.45, 2.75) is 31.9 Å². The molecule has 0 saturated heterocycles. The Bertz CT molecular complexity index is 1350. The molecule has 4 heterocycles. The quantitative estimate of drug-likeness (QED) is 0.325. The Kier molecular flexibility index (Phi) is 6.31. The third-order valence-corrected chi connectivity index (χ3v) is 6.56. The number of thiazole rings is 1. The molecule has 0 spiro atoms. The van der Waals surface area contributed by atoms with Crippen LogP contribution in [0.3, 0.4) is 0 Å². The fraction of sp³-hybridized carbons (Fsp3) is 0.227. The van der Waals surface area contributed by atoms with Gasteiger partial charge in [-0.25, -0.2) is 9.97 Å². The number of ketones is 2. The van der Waals surface area contributed by atoms with Gasteiger partial charge in [-0.05, 0) is 18.2 Å². The number of Topliss-reactive ketones (excluding diaryl/α,β-unsaturated/α-hetero) is 2. The molecule has 4 rings (SSSR count). The number of nitrogens with zero attached hydrogens (tertiary/aromatic N) is 3. The van der Waals surface area contributed by atoms with Crippen molar-refractivity contribution < 1.29 is 22.8 Å². The van der Waals surface area contributed by atoms with E-state index in [4.69, 9.17) is 11.6 Å². The molecule has 0 unspecified atom stereocenters. The molecule has 11 heteroatoms. The van der Waals surface area contributed by atoms with E-state index in [9.17, 15) is 22.8 Å². The van der Waals surface area contributed by atoms with Gasteiger partial charge in [-0.1, -0.05) is 18.5 Å². The van der Waals surface area contributed by atoms with Gasteiger partial charge in [0.2, 0.25) is 0 Å². The lowest BCUT2D eigenvalue weighted by molar-refractivity contribution is -0.137. The second kappa shape index (κ2) is 9.03. The summed E-state index contributed by atoms with van der Waals surface area (Å²) in [5.74, 6) is -0.773. The fourth-order valence-corrected chi connectivity index (χ4v) is 4.38. The summed E-state index contributed by atoms with van der Waals surface area (Å²) in [7, 11) is 0. The first kappa shape index (κ1) is 23.1. The van der Waals surface area contributed by atoms with Gasteiger partial charge in [0, 0.05) is 53.8 Å². The number of rotatable bonds is 7. The monoisotopic (exact) mass is 492 g/mol. The van der Waals surface area contributed by atoms with Crippen LogP contribution in [0.25, 0.3) is 11.0 Å². The van der Waals surface area contributed by atoms with Crippen LogP contribution in [-0.2, 0) is 12.6 Å². The molecule has 0 fully saturated rings. The lowest BCUT2D eigenvalue weighted by Crippen LogP contribution is -2.10. The fourth-order valence-electron chi connectivity index (χ4n) is 3.27. The molecular formula is C22H16ClF3N4O2S. The minimum atomic E-state index is -4.64. The maximum Gasteiger partial charge on any atom is 0.417 e. The van der Waals surface area contributed by atoms with E-state index in [1.54, 1.807) is 12.3 Å². The Balaban J connectivity index is 1.43. The number of carbonyl (C=O) groups excluding carboxylic acids is 2. The third kappa shape index (κ3) is 5.12. The van der Waals surface area contributed by atoms with E-state index in [1.807, 2.05) is 13.0 Å². The van der Waals surface area contributed by atoms with Crippen LogP contribution in [0.1, 0.15) is 55.6 Å². The van der Waals surface area contributed by atoms with Crippen LogP contribution in [0.5, 0.6) is 0 Å². The number of H-pyrrole nitrogens is 1. The van der Waals surface area contributed by atoms with Crippen molar-refractivity contribution in [1.82, 2.24) is 19.9 Å². The minimum absolute atomic E-state index is 0.0393. The summed E-state index contributed by atoms with van der Waals surface area (Å²) in [5, 5.41) is 0.894. The summed E-state index contributed by atoms with van der Waals surface area (Å²) in [5.41, 5.74) is 0.102. The number of aromatic nitrogens is 4. The van der Waals surface area contributed by atoms with Gasteiger partial charge < -0.3 is 4.98 Å². The Labute approximate surface area is 194 Å². The van der Waals surface area contributed by atoms with Gasteiger partial charge in [0.25, 0.3) is 0 Å². The maximum atomic E-state index is 13.0. The standard InChI is InChI=1S/C22H16ClF3N4O2S/c1-11(4-17(31)13-5-12-2-3-27-20(12)29-8-13)21-30-10-19(33-21)18(32)7-14-6-15(22(24,25)26)16(23)9-28-14/h2-3,5-6,8-11H,4,7H2,1H3,(H,27,29)/t11-/m0/s1. The molecule has 33 heavy (non-hydrogen) atoms. The van der Waals surface area contributed by atoms with Gasteiger partial charge in [0.15, 0.2) is 11.6 Å². The smallest absolute Gasteiger partial charge is 0.346 e. The van der Waals surface area contributed by atoms with Crippen LogP contribution < -0.4 is 0 Å². The van der Waals surface area contributed by atoms with E-state index < -0.39 is 22.5 Å². The molecule has 1 atom stereocenters. The average molecular weight is 493 g/mol. The van der Waals surface area contributed by atoms with Gasteiger partial charge in [0.1, 0.15) is 5.65 Å². The molecule has 4 aromatic heterocycles. The first-order chi connectivity index (χ1) is 15.6. The molecular weight excluding hydrogens is 477 g/mol. The van der Waals surface area contributed by atoms with Crippen LogP contribution in [0.4, 0.5) is 13.2 Å². The van der Waals surface area contributed by atoms with Crippen LogP contribution in [-0.4, -0.2) is 31.5 Å². The van der Waals surface area contributed by atoms with Crippen LogP contribution in [0, 0.1) is 0 Å². The first-order valence-electron chi connectivity index (χ1n) is 9.78. The predicted octanol–water partition coefficient (Wildman–Crippen LogP) is 5.89. The van der Waals surface area contributed by atoms with Crippen LogP contribution in [0.2, 0.25) is 5.02 Å². The van der Waals surface area contributed by atoms with Gasteiger partial charge in [0.05, 0.1) is 26.9 Å². The number of alkyl halides is 3. The highest BCUT2D eigenvalue weighted by molar-refractivity contribution is 7.13. The first-order valence-corrected chi connectivity index (χ1v) is 11.0. The van der Waals surface area contributed by atoms with E-state index in [1.165, 1.54) is 12.4 Å². The second-order valence-corrected chi connectivity index (χ2v) is 8.95. The number of nitrogens with one attached hydrogen (secondary N) is 1. The number of fused-ring (bicyclic) bond motifs is 1. The molecule has 170 valence electrons. The van der Waals surface area contributed by atoms with E-state index in [0.717, 1.165) is 29.0 Å². The van der Waals surface area contributed by atoms with E-state index >= 15 is 0 Å². The van der Waals surface area contributed by atoms with Crippen LogP contribution in [0.15, 0.2) is 43.0 Å². The Morgan fingerprint density at radius 3 is 2.67 bits per heavy atom. The average Bonchev–Trinajstić information content (AvgIpc) is 3.43. The summed E-state index contributed by atoms with van der Waals surface area (Å²) in [4.78, 5) is 40.8. The summed E-state index contributed by atoms with van der Waals surface area (Å²) in [6.45, 7) is 1.82. The zero-order valence-corrected chi connectivity index (χ0v) is 18.7. The zero-order valence-electron chi connectivity index (χ0n) is 17.1. The molecule has 4 aromatic rings. The summed E-state index contributed by atoms with van der Waals surface area (Å²) < 4.78 is 39.1. The Morgan fingerprint density at radius 2 is 1.91 bits per heavy atom. The van der Waals surface area contributed by atoms with E-state index in [0.29, 0.717) is 16.2 Å². The molecule has 0 aliphatic heterocycles. The zero-order chi connectivity index (χ0) is 23.8. The molecule has 0 aliphatic rings. The molecule has 0 amide bonds. The number of pyridine rings is 2. The summed E-state index contributed by atoms with van der Waals surface area (Å²) in [6, 6.07) is 4.37. The highest BCUT2D eigenvalue weighted by Gasteiger charge is 2.34. The SMILES string of the molecule is C[C@@H](CC(=O)c1cnc2[nH]ccc2c1)c1ncc(C(=O)Cc2cc(C(F)(F)F)c(Cl)cn2)s1. The van der Waals surface area contributed by atoms with Crippen molar-refractivity contribution in [1.29, 1.82) is 0 Å². The van der Waals surface area contributed by atoms with Crippen molar-refractivity contribution in [3.8, 4) is 0 Å². The summed E-state index contributed by atoms with van der Waals surface area (Å²) in [6.07, 6.45) is 0.726. The second-order valence-electron chi connectivity index (χ2n) is 7.48. The molecule has 0 bridgehead atoms. The number of carbonyl (C=O) groups is 2. The molecule has 0 aliphatic carbocycles. The van der Waals surface area contributed by atoms with Crippen LogP contribution >= 0.6 is 22.9 Å².